The lowest BCUT2D eigenvalue weighted by molar-refractivity contribution is -0.950. The Morgan fingerprint density at radius 3 is 1.62 bits per heavy atom. The minimum atomic E-state index is 1.11. The van der Waals surface area contributed by atoms with Gasteiger partial charge in [-0.1, -0.05) is 44.0 Å². The van der Waals surface area contributed by atoms with Crippen molar-refractivity contribution < 1.29 is 4.48 Å². The van der Waals surface area contributed by atoms with Gasteiger partial charge in [-0.2, -0.15) is 0 Å². The third kappa shape index (κ3) is 2.84. The Kier molecular flexibility index (Phi) is 4.26. The van der Waals surface area contributed by atoms with Crippen molar-refractivity contribution in [3.05, 3.63) is 56.5 Å². The second-order valence-corrected chi connectivity index (χ2v) is 7.72. The molecule has 0 radical (unpaired) electrons. The molecule has 3 heteroatoms. The number of hydrogen-bond acceptors (Lipinski definition) is 0. The first-order valence-corrected chi connectivity index (χ1v) is 9.08. The lowest BCUT2D eigenvalue weighted by Crippen LogP contribution is -2.45. The van der Waals surface area contributed by atoms with Crippen molar-refractivity contribution in [3.63, 3.8) is 0 Å². The quantitative estimate of drug-likeness (QED) is 0.554. The summed E-state index contributed by atoms with van der Waals surface area (Å²) in [5.41, 5.74) is 5.69. The third-order valence-corrected chi connectivity index (χ3v) is 5.76. The molecule has 0 aliphatic carbocycles. The fraction of sp³-hybridized carbons (Fsp3) is 0.333. The van der Waals surface area contributed by atoms with Crippen LogP contribution in [-0.2, 0) is 13.1 Å². The molecule has 1 nitrogen and oxygen atoms in total. The van der Waals surface area contributed by atoms with E-state index in [2.05, 4.69) is 82.1 Å². The van der Waals surface area contributed by atoms with Crippen LogP contribution in [0.3, 0.4) is 0 Å². The average molecular weight is 410 g/mol. The van der Waals surface area contributed by atoms with Gasteiger partial charge in [-0.05, 0) is 49.2 Å². The van der Waals surface area contributed by atoms with E-state index in [1.165, 1.54) is 31.2 Å². The summed E-state index contributed by atoms with van der Waals surface area (Å²) in [5, 5.41) is 0. The van der Waals surface area contributed by atoms with Crippen molar-refractivity contribution in [2.24, 2.45) is 0 Å². The molecular formula is C18H20Br2N+. The van der Waals surface area contributed by atoms with Gasteiger partial charge < -0.3 is 4.48 Å². The predicted octanol–water partition coefficient (Wildman–Crippen LogP) is 5.75. The van der Waals surface area contributed by atoms with Crippen LogP contribution in [0.2, 0.25) is 0 Å². The number of benzene rings is 2. The molecule has 2 aromatic carbocycles. The highest BCUT2D eigenvalue weighted by molar-refractivity contribution is 9.10. The Morgan fingerprint density at radius 2 is 1.24 bits per heavy atom. The van der Waals surface area contributed by atoms with Crippen LogP contribution in [0.15, 0.2) is 45.3 Å². The van der Waals surface area contributed by atoms with E-state index in [9.17, 15) is 0 Å². The van der Waals surface area contributed by atoms with Crippen molar-refractivity contribution in [2.75, 3.05) is 13.1 Å². The molecule has 2 aromatic rings. The van der Waals surface area contributed by atoms with Crippen molar-refractivity contribution in [1.29, 1.82) is 0 Å². The molecule has 0 unspecified atom stereocenters. The molecule has 0 amide bonds. The molecule has 21 heavy (non-hydrogen) atoms. The number of nitrogens with zero attached hydrogens (tertiary/aromatic N) is 1. The normalized spacial score (nSPS) is 16.0. The van der Waals surface area contributed by atoms with Gasteiger partial charge in [-0.3, -0.25) is 0 Å². The molecule has 0 saturated carbocycles. The maximum absolute atomic E-state index is 3.63. The minimum absolute atomic E-state index is 1.11. The highest BCUT2D eigenvalue weighted by atomic mass is 79.9. The zero-order valence-corrected chi connectivity index (χ0v) is 15.7. The number of hydrogen-bond donors (Lipinski definition) is 0. The molecule has 0 aromatic heterocycles. The van der Waals surface area contributed by atoms with Gasteiger partial charge in [-0.25, -0.2) is 0 Å². The van der Waals surface area contributed by atoms with Crippen LogP contribution in [-0.4, -0.2) is 17.6 Å². The molecule has 1 heterocycles. The van der Waals surface area contributed by atoms with E-state index in [0.717, 1.165) is 30.7 Å². The zero-order chi connectivity index (χ0) is 15.0. The molecule has 0 spiro atoms. The first kappa shape index (κ1) is 15.3. The van der Waals surface area contributed by atoms with Crippen LogP contribution in [0.5, 0.6) is 0 Å². The van der Waals surface area contributed by atoms with Crippen molar-refractivity contribution >= 4 is 31.9 Å². The molecular weight excluding hydrogens is 390 g/mol. The summed E-state index contributed by atoms with van der Waals surface area (Å²) in [5.74, 6) is 0. The van der Waals surface area contributed by atoms with Gasteiger partial charge in [0.15, 0.2) is 0 Å². The van der Waals surface area contributed by atoms with Crippen LogP contribution in [0.25, 0.3) is 11.1 Å². The fourth-order valence-electron chi connectivity index (χ4n) is 3.36. The summed E-state index contributed by atoms with van der Waals surface area (Å²) in [6.07, 6.45) is 0. The molecule has 3 rings (SSSR count). The molecule has 0 fully saturated rings. The maximum atomic E-state index is 3.63. The van der Waals surface area contributed by atoms with Gasteiger partial charge in [-0.15, -0.1) is 0 Å². The number of fused-ring (bicyclic) bond motifs is 3. The molecule has 0 N–H and O–H groups in total. The van der Waals surface area contributed by atoms with E-state index in [0.29, 0.717) is 0 Å². The van der Waals surface area contributed by atoms with Gasteiger partial charge in [0, 0.05) is 20.1 Å². The Hall–Kier alpha value is -0.640. The van der Waals surface area contributed by atoms with E-state index in [-0.39, 0.29) is 0 Å². The summed E-state index contributed by atoms with van der Waals surface area (Å²) in [6, 6.07) is 13.4. The number of quaternary nitrogens is 1. The smallest absolute Gasteiger partial charge is 0.105 e. The highest BCUT2D eigenvalue weighted by Crippen LogP contribution is 2.38. The molecule has 0 atom stereocenters. The summed E-state index contributed by atoms with van der Waals surface area (Å²) in [7, 11) is 0. The Labute approximate surface area is 143 Å². The largest absolute Gasteiger partial charge is 0.317 e. The van der Waals surface area contributed by atoms with Gasteiger partial charge in [0.1, 0.15) is 13.1 Å². The van der Waals surface area contributed by atoms with Crippen LogP contribution in [0.1, 0.15) is 25.0 Å². The monoisotopic (exact) mass is 408 g/mol. The highest BCUT2D eigenvalue weighted by Gasteiger charge is 2.30. The van der Waals surface area contributed by atoms with Gasteiger partial charge in [0.05, 0.1) is 13.1 Å². The SMILES string of the molecule is CC[N+]1(CC)Cc2cc(Br)ccc2-c2ccc(Br)cc2C1. The van der Waals surface area contributed by atoms with E-state index < -0.39 is 0 Å². The Bertz CT molecular complexity index is 619. The van der Waals surface area contributed by atoms with E-state index >= 15 is 0 Å². The fourth-order valence-corrected chi connectivity index (χ4v) is 4.18. The van der Waals surface area contributed by atoms with E-state index in [1.54, 1.807) is 0 Å². The zero-order valence-electron chi connectivity index (χ0n) is 12.5. The summed E-state index contributed by atoms with van der Waals surface area (Å²) < 4.78 is 3.46. The maximum Gasteiger partial charge on any atom is 0.105 e. The predicted molar refractivity (Wildman–Crippen MR) is 96.0 cm³/mol. The Morgan fingerprint density at radius 1 is 0.810 bits per heavy atom. The Balaban J connectivity index is 2.26. The number of rotatable bonds is 2. The topological polar surface area (TPSA) is 0 Å². The number of halogens is 2. The van der Waals surface area contributed by atoms with Crippen LogP contribution >= 0.6 is 31.9 Å². The lowest BCUT2D eigenvalue weighted by Gasteiger charge is -2.36. The van der Waals surface area contributed by atoms with E-state index in [1.807, 2.05) is 0 Å². The minimum Gasteiger partial charge on any atom is -0.317 e. The molecule has 110 valence electrons. The first-order chi connectivity index (χ1) is 10.1. The standard InChI is InChI=1S/C18H20Br2N/c1-3-21(4-2)11-13-9-15(19)5-7-17(13)18-8-6-16(20)10-14(18)12-21/h5-10H,3-4,11-12H2,1-2H3/q+1. The summed E-state index contributed by atoms with van der Waals surface area (Å²) in [6.45, 7) is 9.15. The van der Waals surface area contributed by atoms with Crippen molar-refractivity contribution in [2.45, 2.75) is 26.9 Å². The van der Waals surface area contributed by atoms with E-state index in [4.69, 9.17) is 0 Å². The average Bonchev–Trinajstić information content (AvgIpc) is 2.60. The van der Waals surface area contributed by atoms with Crippen LogP contribution in [0.4, 0.5) is 0 Å². The van der Waals surface area contributed by atoms with Crippen LogP contribution in [0, 0.1) is 0 Å². The molecule has 1 aliphatic heterocycles. The van der Waals surface area contributed by atoms with Crippen LogP contribution < -0.4 is 0 Å². The molecule has 0 bridgehead atoms. The van der Waals surface area contributed by atoms with Gasteiger partial charge in [0.2, 0.25) is 0 Å². The van der Waals surface area contributed by atoms with Gasteiger partial charge in [0.25, 0.3) is 0 Å². The molecule has 0 saturated heterocycles. The third-order valence-electron chi connectivity index (χ3n) is 4.78. The first-order valence-electron chi connectivity index (χ1n) is 7.49. The van der Waals surface area contributed by atoms with Gasteiger partial charge >= 0.3 is 0 Å². The molecule has 1 aliphatic rings. The lowest BCUT2D eigenvalue weighted by atomic mass is 9.97. The second kappa shape index (κ2) is 5.86. The van der Waals surface area contributed by atoms with Crippen molar-refractivity contribution in [3.8, 4) is 11.1 Å². The second-order valence-electron chi connectivity index (χ2n) is 5.89. The summed E-state index contributed by atoms with van der Waals surface area (Å²) >= 11 is 7.27. The van der Waals surface area contributed by atoms with Crippen molar-refractivity contribution in [1.82, 2.24) is 0 Å². The summed E-state index contributed by atoms with van der Waals surface area (Å²) in [4.78, 5) is 0.